The first kappa shape index (κ1) is 22.6. The number of hydrogen-bond acceptors (Lipinski definition) is 4. The van der Waals surface area contributed by atoms with Crippen LogP contribution in [0.2, 0.25) is 0 Å². The van der Waals surface area contributed by atoms with Crippen molar-refractivity contribution in [2.75, 3.05) is 33.2 Å². The lowest BCUT2D eigenvalue weighted by Gasteiger charge is -2.30. The number of nitrogens with one attached hydrogen (secondary N) is 2. The summed E-state index contributed by atoms with van der Waals surface area (Å²) in [4.78, 5) is 11.5. The molecule has 5 nitrogen and oxygen atoms in total. The SMILES string of the molecule is CN=C(NCCCN1CCCC(C)C1)NCc1nc(C(C)C)cs1.I. The first-order chi connectivity index (χ1) is 11.6. The zero-order valence-electron chi connectivity index (χ0n) is 16.0. The van der Waals surface area contributed by atoms with E-state index in [1.165, 1.54) is 38.2 Å². The predicted molar refractivity (Wildman–Crippen MR) is 119 cm³/mol. The summed E-state index contributed by atoms with van der Waals surface area (Å²) >= 11 is 1.71. The Morgan fingerprint density at radius 2 is 2.24 bits per heavy atom. The number of aromatic nitrogens is 1. The largest absolute Gasteiger partial charge is 0.356 e. The van der Waals surface area contributed by atoms with E-state index < -0.39 is 0 Å². The van der Waals surface area contributed by atoms with Crippen molar-refractivity contribution in [2.45, 2.75) is 52.5 Å². The molecule has 1 aliphatic rings. The fourth-order valence-corrected chi connectivity index (χ4v) is 3.95. The van der Waals surface area contributed by atoms with Crippen molar-refractivity contribution in [3.05, 3.63) is 16.1 Å². The van der Waals surface area contributed by atoms with Crippen LogP contribution in [0.4, 0.5) is 0 Å². The molecule has 144 valence electrons. The third kappa shape index (κ3) is 8.21. The molecule has 2 rings (SSSR count). The molecule has 1 aromatic heterocycles. The highest BCUT2D eigenvalue weighted by molar-refractivity contribution is 14.0. The topological polar surface area (TPSA) is 52.6 Å². The summed E-state index contributed by atoms with van der Waals surface area (Å²) in [5.74, 6) is 2.21. The van der Waals surface area contributed by atoms with Crippen molar-refractivity contribution in [2.24, 2.45) is 10.9 Å². The highest BCUT2D eigenvalue weighted by Crippen LogP contribution is 2.17. The Labute approximate surface area is 174 Å². The number of thiazole rings is 1. The third-order valence-corrected chi connectivity index (χ3v) is 5.34. The number of aliphatic imine (C=N–C) groups is 1. The second-order valence-corrected chi connectivity index (χ2v) is 8.02. The van der Waals surface area contributed by atoms with Crippen LogP contribution < -0.4 is 10.6 Å². The van der Waals surface area contributed by atoms with Gasteiger partial charge < -0.3 is 15.5 Å². The standard InChI is InChI=1S/C18H33N5S.HI/c1-14(2)16-13-24-17(22-16)11-21-18(19-4)20-8-6-10-23-9-5-7-15(3)12-23;/h13-15H,5-12H2,1-4H3,(H2,19,20,21);1H. The number of halogens is 1. The number of likely N-dealkylation sites (tertiary alicyclic amines) is 1. The summed E-state index contributed by atoms with van der Waals surface area (Å²) in [6.45, 7) is 12.1. The van der Waals surface area contributed by atoms with Crippen LogP contribution in [0.25, 0.3) is 0 Å². The fraction of sp³-hybridized carbons (Fsp3) is 0.778. The highest BCUT2D eigenvalue weighted by atomic mass is 127. The van der Waals surface area contributed by atoms with Gasteiger partial charge in [0.25, 0.3) is 0 Å². The number of nitrogens with zero attached hydrogens (tertiary/aromatic N) is 3. The van der Waals surface area contributed by atoms with Gasteiger partial charge in [0.05, 0.1) is 12.2 Å². The molecule has 1 aromatic rings. The molecule has 0 radical (unpaired) electrons. The smallest absolute Gasteiger partial charge is 0.191 e. The summed E-state index contributed by atoms with van der Waals surface area (Å²) in [5.41, 5.74) is 1.18. The zero-order valence-corrected chi connectivity index (χ0v) is 19.2. The molecule has 1 fully saturated rings. The van der Waals surface area contributed by atoms with E-state index in [1.54, 1.807) is 11.3 Å². The maximum atomic E-state index is 4.65. The predicted octanol–water partition coefficient (Wildman–Crippen LogP) is 3.67. The van der Waals surface area contributed by atoms with Crippen LogP contribution in [0.15, 0.2) is 10.4 Å². The van der Waals surface area contributed by atoms with Gasteiger partial charge >= 0.3 is 0 Å². The molecule has 7 heteroatoms. The summed E-state index contributed by atoms with van der Waals surface area (Å²) in [7, 11) is 1.82. The van der Waals surface area contributed by atoms with Crippen molar-refractivity contribution >= 4 is 41.3 Å². The Morgan fingerprint density at radius 1 is 1.44 bits per heavy atom. The molecule has 0 saturated carbocycles. The minimum absolute atomic E-state index is 0. The summed E-state index contributed by atoms with van der Waals surface area (Å²) in [6, 6.07) is 0. The molecule has 25 heavy (non-hydrogen) atoms. The van der Waals surface area contributed by atoms with Gasteiger partial charge in [-0.05, 0) is 44.2 Å². The Hall–Kier alpha value is -0.410. The van der Waals surface area contributed by atoms with Gasteiger partial charge in [0.2, 0.25) is 0 Å². The molecular weight excluding hydrogens is 445 g/mol. The van der Waals surface area contributed by atoms with Crippen LogP contribution in [0.1, 0.15) is 56.7 Å². The normalized spacial score (nSPS) is 18.9. The van der Waals surface area contributed by atoms with Crippen molar-refractivity contribution < 1.29 is 0 Å². The second-order valence-electron chi connectivity index (χ2n) is 7.07. The van der Waals surface area contributed by atoms with E-state index in [0.717, 1.165) is 36.4 Å². The van der Waals surface area contributed by atoms with Crippen LogP contribution in [-0.2, 0) is 6.54 Å². The van der Waals surface area contributed by atoms with Gasteiger partial charge in [-0.1, -0.05) is 20.8 Å². The van der Waals surface area contributed by atoms with E-state index in [0.29, 0.717) is 5.92 Å². The number of hydrogen-bond donors (Lipinski definition) is 2. The summed E-state index contributed by atoms with van der Waals surface area (Å²) in [5, 5.41) is 10.0. The molecule has 2 heterocycles. The molecule has 1 aliphatic heterocycles. The monoisotopic (exact) mass is 479 g/mol. The van der Waals surface area contributed by atoms with Crippen LogP contribution in [-0.4, -0.2) is 49.1 Å². The van der Waals surface area contributed by atoms with Crippen molar-refractivity contribution in [3.8, 4) is 0 Å². The maximum Gasteiger partial charge on any atom is 0.191 e. The Kier molecular flexibility index (Phi) is 10.9. The minimum atomic E-state index is 0. The summed E-state index contributed by atoms with van der Waals surface area (Å²) in [6.07, 6.45) is 3.90. The third-order valence-electron chi connectivity index (χ3n) is 4.48. The Bertz CT molecular complexity index is 517. The lowest BCUT2D eigenvalue weighted by atomic mass is 10.0. The van der Waals surface area contributed by atoms with E-state index in [2.05, 4.69) is 51.7 Å². The molecule has 0 spiro atoms. The molecule has 2 N–H and O–H groups in total. The van der Waals surface area contributed by atoms with Crippen LogP contribution >= 0.6 is 35.3 Å². The van der Waals surface area contributed by atoms with Gasteiger partial charge in [-0.2, -0.15) is 0 Å². The van der Waals surface area contributed by atoms with E-state index in [4.69, 9.17) is 0 Å². The Balaban J connectivity index is 0.00000312. The van der Waals surface area contributed by atoms with E-state index in [1.807, 2.05) is 7.05 Å². The molecule has 1 saturated heterocycles. The lowest BCUT2D eigenvalue weighted by molar-refractivity contribution is 0.182. The molecule has 0 aliphatic carbocycles. The van der Waals surface area contributed by atoms with Crippen molar-refractivity contribution in [1.82, 2.24) is 20.5 Å². The first-order valence-electron chi connectivity index (χ1n) is 9.19. The van der Waals surface area contributed by atoms with Crippen molar-refractivity contribution in [3.63, 3.8) is 0 Å². The van der Waals surface area contributed by atoms with Crippen LogP contribution in [0.3, 0.4) is 0 Å². The lowest BCUT2D eigenvalue weighted by Crippen LogP contribution is -2.39. The molecule has 1 unspecified atom stereocenters. The maximum absolute atomic E-state index is 4.65. The zero-order chi connectivity index (χ0) is 17.4. The number of piperidine rings is 1. The van der Waals surface area contributed by atoms with Gasteiger partial charge in [-0.3, -0.25) is 4.99 Å². The minimum Gasteiger partial charge on any atom is -0.356 e. The van der Waals surface area contributed by atoms with Gasteiger partial charge in [-0.25, -0.2) is 4.98 Å². The Morgan fingerprint density at radius 3 is 2.88 bits per heavy atom. The fourth-order valence-electron chi connectivity index (χ4n) is 3.05. The van der Waals surface area contributed by atoms with E-state index in [-0.39, 0.29) is 24.0 Å². The van der Waals surface area contributed by atoms with Gasteiger partial charge in [0, 0.05) is 25.5 Å². The second kappa shape index (κ2) is 12.1. The van der Waals surface area contributed by atoms with E-state index >= 15 is 0 Å². The molecule has 0 aromatic carbocycles. The molecule has 0 bridgehead atoms. The average Bonchev–Trinajstić information content (AvgIpc) is 3.03. The molecular formula is C18H34IN5S. The number of rotatable bonds is 7. The van der Waals surface area contributed by atoms with Gasteiger partial charge in [-0.15, -0.1) is 35.3 Å². The molecule has 0 amide bonds. The molecule has 1 atom stereocenters. The average molecular weight is 479 g/mol. The summed E-state index contributed by atoms with van der Waals surface area (Å²) < 4.78 is 0. The highest BCUT2D eigenvalue weighted by Gasteiger charge is 2.15. The van der Waals surface area contributed by atoms with Gasteiger partial charge in [0.15, 0.2) is 5.96 Å². The van der Waals surface area contributed by atoms with Crippen LogP contribution in [0.5, 0.6) is 0 Å². The van der Waals surface area contributed by atoms with E-state index in [9.17, 15) is 0 Å². The first-order valence-corrected chi connectivity index (χ1v) is 10.1. The number of guanidine groups is 1. The van der Waals surface area contributed by atoms with Crippen molar-refractivity contribution in [1.29, 1.82) is 0 Å². The quantitative estimate of drug-likeness (QED) is 0.271. The van der Waals surface area contributed by atoms with Gasteiger partial charge in [0.1, 0.15) is 5.01 Å². The van der Waals surface area contributed by atoms with Crippen LogP contribution in [0, 0.1) is 5.92 Å².